The van der Waals surface area contributed by atoms with Crippen molar-refractivity contribution in [1.29, 1.82) is 0 Å². The van der Waals surface area contributed by atoms with Crippen molar-refractivity contribution in [2.45, 2.75) is 51.0 Å². The number of aromatic nitrogens is 3. The Bertz CT molecular complexity index is 826. The molecule has 2 amide bonds. The maximum Gasteiger partial charge on any atom is 0.226 e. The highest BCUT2D eigenvalue weighted by Crippen LogP contribution is 2.42. The number of nitrogens with one attached hydrogen (secondary N) is 2. The van der Waals surface area contributed by atoms with Gasteiger partial charge in [-0.3, -0.25) is 14.3 Å². The first-order valence-corrected chi connectivity index (χ1v) is 11.4. The van der Waals surface area contributed by atoms with Crippen LogP contribution in [0.25, 0.3) is 0 Å². The molecule has 3 rings (SSSR count). The first-order valence-electron chi connectivity index (χ1n) is 10.5. The van der Waals surface area contributed by atoms with Gasteiger partial charge in [0.05, 0.1) is 12.2 Å². The summed E-state index contributed by atoms with van der Waals surface area (Å²) in [6.45, 7) is 0.513. The van der Waals surface area contributed by atoms with E-state index in [-0.39, 0.29) is 23.3 Å². The van der Waals surface area contributed by atoms with Gasteiger partial charge < -0.3 is 15.5 Å². The van der Waals surface area contributed by atoms with E-state index >= 15 is 0 Å². The van der Waals surface area contributed by atoms with Gasteiger partial charge in [0, 0.05) is 49.8 Å². The molecule has 9 heteroatoms. The van der Waals surface area contributed by atoms with E-state index in [4.69, 9.17) is 0 Å². The van der Waals surface area contributed by atoms with Crippen molar-refractivity contribution in [1.82, 2.24) is 25.0 Å². The van der Waals surface area contributed by atoms with Crippen molar-refractivity contribution in [2.24, 2.45) is 12.5 Å². The van der Waals surface area contributed by atoms with E-state index < -0.39 is 0 Å². The summed E-state index contributed by atoms with van der Waals surface area (Å²) in [6, 6.07) is 0.0538. The summed E-state index contributed by atoms with van der Waals surface area (Å²) in [7, 11) is 5.88. The van der Waals surface area contributed by atoms with Gasteiger partial charge in [-0.25, -0.2) is 4.98 Å². The molecule has 0 aromatic carbocycles. The second kappa shape index (κ2) is 10.2. The Kier molecular flexibility index (Phi) is 7.60. The summed E-state index contributed by atoms with van der Waals surface area (Å²) in [6.07, 6.45) is 11.3. The molecule has 1 aliphatic carbocycles. The van der Waals surface area contributed by atoms with Crippen molar-refractivity contribution >= 4 is 28.3 Å². The van der Waals surface area contributed by atoms with Crippen LogP contribution in [0.15, 0.2) is 24.0 Å². The highest BCUT2D eigenvalue weighted by molar-refractivity contribution is 7.13. The monoisotopic (exact) mass is 432 g/mol. The van der Waals surface area contributed by atoms with Gasteiger partial charge in [-0.1, -0.05) is 19.3 Å². The molecule has 0 bridgehead atoms. The van der Waals surface area contributed by atoms with Crippen molar-refractivity contribution < 1.29 is 9.59 Å². The van der Waals surface area contributed by atoms with Gasteiger partial charge in [-0.15, -0.1) is 11.3 Å². The molecular weight excluding hydrogens is 400 g/mol. The fraction of sp³-hybridized carbons (Fsp3) is 0.619. The first kappa shape index (κ1) is 22.4. The van der Waals surface area contributed by atoms with Gasteiger partial charge in [0.2, 0.25) is 11.8 Å². The van der Waals surface area contributed by atoms with E-state index in [9.17, 15) is 9.59 Å². The fourth-order valence-corrected chi connectivity index (χ4v) is 4.88. The van der Waals surface area contributed by atoms with E-state index in [0.717, 1.165) is 31.2 Å². The van der Waals surface area contributed by atoms with Crippen molar-refractivity contribution in [3.63, 3.8) is 0 Å². The molecule has 1 saturated carbocycles. The smallest absolute Gasteiger partial charge is 0.226 e. The Balaban J connectivity index is 1.59. The summed E-state index contributed by atoms with van der Waals surface area (Å²) < 4.78 is 1.77. The number of nitrogens with zero attached hydrogens (tertiary/aromatic N) is 4. The molecule has 1 atom stereocenters. The van der Waals surface area contributed by atoms with Gasteiger partial charge in [-0.05, 0) is 32.4 Å². The second-order valence-corrected chi connectivity index (χ2v) is 9.43. The Morgan fingerprint density at radius 2 is 1.97 bits per heavy atom. The number of likely N-dealkylation sites (N-methyl/N-ethyl adjacent to an activating group) is 1. The van der Waals surface area contributed by atoms with Crippen LogP contribution in [0.4, 0.5) is 5.13 Å². The lowest BCUT2D eigenvalue weighted by atomic mass is 9.69. The topological polar surface area (TPSA) is 92.2 Å². The molecule has 8 nitrogen and oxygen atoms in total. The van der Waals surface area contributed by atoms with Gasteiger partial charge in [0.1, 0.15) is 0 Å². The van der Waals surface area contributed by atoms with E-state index in [1.165, 1.54) is 17.8 Å². The van der Waals surface area contributed by atoms with Crippen LogP contribution in [0.5, 0.6) is 0 Å². The first-order chi connectivity index (χ1) is 14.4. The van der Waals surface area contributed by atoms with Gasteiger partial charge in [-0.2, -0.15) is 5.10 Å². The third kappa shape index (κ3) is 6.12. The zero-order chi connectivity index (χ0) is 21.6. The van der Waals surface area contributed by atoms with Crippen LogP contribution < -0.4 is 10.6 Å². The van der Waals surface area contributed by atoms with Crippen molar-refractivity contribution in [3.05, 3.63) is 29.5 Å². The van der Waals surface area contributed by atoms with E-state index in [1.807, 2.05) is 38.9 Å². The van der Waals surface area contributed by atoms with Crippen molar-refractivity contribution in [3.8, 4) is 0 Å². The molecule has 2 aromatic rings. The zero-order valence-corrected chi connectivity index (χ0v) is 18.9. The molecule has 2 N–H and O–H groups in total. The summed E-state index contributed by atoms with van der Waals surface area (Å²) in [5, 5.41) is 12.7. The van der Waals surface area contributed by atoms with Crippen LogP contribution in [-0.4, -0.2) is 52.1 Å². The van der Waals surface area contributed by atoms with Crippen LogP contribution in [0.3, 0.4) is 0 Å². The molecule has 2 heterocycles. The molecule has 30 heavy (non-hydrogen) atoms. The van der Waals surface area contributed by atoms with E-state index in [1.54, 1.807) is 10.9 Å². The Morgan fingerprint density at radius 3 is 2.57 bits per heavy atom. The summed E-state index contributed by atoms with van der Waals surface area (Å²) >= 11 is 1.41. The molecule has 1 aliphatic rings. The average Bonchev–Trinajstić information content (AvgIpc) is 3.34. The minimum absolute atomic E-state index is 0.00897. The number of hydrogen-bond acceptors (Lipinski definition) is 6. The normalized spacial score (nSPS) is 16.9. The van der Waals surface area contributed by atoms with Crippen LogP contribution in [0, 0.1) is 5.41 Å². The summed E-state index contributed by atoms with van der Waals surface area (Å²) in [5.74, 6) is -0.0455. The number of carbonyl (C=O) groups excluding carboxylic acids is 2. The molecule has 1 unspecified atom stereocenters. The number of rotatable bonds is 9. The molecule has 0 radical (unpaired) electrons. The van der Waals surface area contributed by atoms with Crippen LogP contribution in [0.1, 0.15) is 56.6 Å². The minimum Gasteiger partial charge on any atom is -0.354 e. The van der Waals surface area contributed by atoms with Gasteiger partial charge in [0.15, 0.2) is 5.13 Å². The molecule has 1 fully saturated rings. The Morgan fingerprint density at radius 1 is 1.23 bits per heavy atom. The lowest BCUT2D eigenvalue weighted by Gasteiger charge is -2.36. The van der Waals surface area contributed by atoms with Crippen LogP contribution in [-0.2, 0) is 16.6 Å². The summed E-state index contributed by atoms with van der Waals surface area (Å²) in [4.78, 5) is 31.7. The largest absolute Gasteiger partial charge is 0.354 e. The number of amides is 2. The van der Waals surface area contributed by atoms with Gasteiger partial charge in [0.25, 0.3) is 0 Å². The number of thiazole rings is 1. The number of aryl methyl sites for hydroxylation is 1. The van der Waals surface area contributed by atoms with E-state index in [0.29, 0.717) is 24.5 Å². The predicted octanol–water partition coefficient (Wildman–Crippen LogP) is 2.96. The fourth-order valence-electron chi connectivity index (χ4n) is 4.33. The predicted molar refractivity (Wildman–Crippen MR) is 118 cm³/mol. The maximum atomic E-state index is 12.9. The Hall–Kier alpha value is -2.26. The zero-order valence-electron chi connectivity index (χ0n) is 18.1. The van der Waals surface area contributed by atoms with Gasteiger partial charge >= 0.3 is 0 Å². The quantitative estimate of drug-likeness (QED) is 0.636. The molecule has 2 aromatic heterocycles. The molecular formula is C21H32N6O2S. The van der Waals surface area contributed by atoms with Crippen molar-refractivity contribution in [2.75, 3.05) is 26.0 Å². The van der Waals surface area contributed by atoms with Crippen LogP contribution >= 0.6 is 11.3 Å². The number of anilines is 1. The second-order valence-electron chi connectivity index (χ2n) is 8.53. The third-order valence-electron chi connectivity index (χ3n) is 5.89. The molecule has 0 aliphatic heterocycles. The molecule has 0 saturated heterocycles. The number of hydrogen-bond donors (Lipinski definition) is 2. The summed E-state index contributed by atoms with van der Waals surface area (Å²) in [5.41, 5.74) is 0.795. The average molecular weight is 433 g/mol. The SMILES string of the molecule is CN(C)C(CNC(=O)CC1(CC(=O)Nc2nccs2)CCCCC1)c1cnn(C)c1. The molecule has 0 spiro atoms. The highest BCUT2D eigenvalue weighted by Gasteiger charge is 2.36. The minimum atomic E-state index is -0.272. The van der Waals surface area contributed by atoms with Crippen LogP contribution in [0.2, 0.25) is 0 Å². The Labute approximate surface area is 182 Å². The number of carbonyl (C=O) groups is 2. The standard InChI is InChI=1S/C21H32N6O2S/c1-26(2)17(16-13-24-27(3)15-16)14-23-18(28)11-21(7-5-4-6-8-21)12-19(29)25-20-22-9-10-30-20/h9-10,13,15,17H,4-8,11-12,14H2,1-3H3,(H,23,28)(H,22,25,29). The third-order valence-corrected chi connectivity index (χ3v) is 6.58. The maximum absolute atomic E-state index is 12.9. The van der Waals surface area contributed by atoms with E-state index in [2.05, 4.69) is 25.6 Å². The highest BCUT2D eigenvalue weighted by atomic mass is 32.1. The lowest BCUT2D eigenvalue weighted by Crippen LogP contribution is -2.39. The molecule has 164 valence electrons. The lowest BCUT2D eigenvalue weighted by molar-refractivity contribution is -0.126.